The number of benzene rings is 2. The van der Waals surface area contributed by atoms with E-state index in [1.54, 1.807) is 6.92 Å². The zero-order chi connectivity index (χ0) is 20.2. The molecule has 0 saturated carbocycles. The molecule has 0 N–H and O–H groups in total. The van der Waals surface area contributed by atoms with Crippen molar-refractivity contribution in [2.45, 2.75) is 11.8 Å². The highest BCUT2D eigenvalue weighted by molar-refractivity contribution is 7.93. The summed E-state index contributed by atoms with van der Waals surface area (Å²) in [5.74, 6) is -0.615. The topological polar surface area (TPSA) is 107 Å². The number of anilines is 1. The Morgan fingerprint density at radius 2 is 1.93 bits per heavy atom. The van der Waals surface area contributed by atoms with Gasteiger partial charge in [0.05, 0.1) is 29.8 Å². The van der Waals surface area contributed by atoms with Gasteiger partial charge in [-0.2, -0.15) is 0 Å². The first-order valence-corrected chi connectivity index (χ1v) is 9.24. The standard InChI is InChI=1S/C18H18N2O6S/c1-4-12-19(15-10-7-8-14(13(15)2)18(21)26-3)27(24,25)17-11-6-5-9-16(17)20(22)23/h4-11H,1,12H2,2-3H3. The summed E-state index contributed by atoms with van der Waals surface area (Å²) in [5.41, 5.74) is 0.236. The maximum absolute atomic E-state index is 13.2. The number of ether oxygens (including phenoxy) is 1. The van der Waals surface area contributed by atoms with Gasteiger partial charge < -0.3 is 4.74 Å². The molecule has 0 radical (unpaired) electrons. The number of methoxy groups -OCH3 is 1. The average Bonchev–Trinajstić information content (AvgIpc) is 2.66. The third-order valence-corrected chi connectivity index (χ3v) is 5.73. The van der Waals surface area contributed by atoms with Gasteiger partial charge in [0.1, 0.15) is 0 Å². The summed E-state index contributed by atoms with van der Waals surface area (Å²) in [7, 11) is -3.07. The van der Waals surface area contributed by atoms with Crippen LogP contribution < -0.4 is 4.31 Å². The van der Waals surface area contributed by atoms with Crippen molar-refractivity contribution in [2.24, 2.45) is 0 Å². The fourth-order valence-corrected chi connectivity index (χ4v) is 4.27. The lowest BCUT2D eigenvalue weighted by Crippen LogP contribution is -2.32. The van der Waals surface area contributed by atoms with Crippen molar-refractivity contribution in [1.29, 1.82) is 0 Å². The lowest BCUT2D eigenvalue weighted by Gasteiger charge is -2.25. The smallest absolute Gasteiger partial charge is 0.338 e. The van der Waals surface area contributed by atoms with E-state index < -0.39 is 31.5 Å². The minimum atomic E-state index is -4.30. The van der Waals surface area contributed by atoms with Crippen LogP contribution >= 0.6 is 0 Å². The molecule has 0 fully saturated rings. The molecule has 0 aliphatic carbocycles. The Labute approximate surface area is 156 Å². The number of sulfonamides is 1. The van der Waals surface area contributed by atoms with Crippen LogP contribution in [0, 0.1) is 17.0 Å². The van der Waals surface area contributed by atoms with E-state index in [1.165, 1.54) is 49.6 Å². The van der Waals surface area contributed by atoms with Gasteiger partial charge >= 0.3 is 5.97 Å². The minimum absolute atomic E-state index is 0.139. The second kappa shape index (κ2) is 8.00. The summed E-state index contributed by atoms with van der Waals surface area (Å²) in [5, 5.41) is 11.3. The maximum Gasteiger partial charge on any atom is 0.338 e. The number of hydrogen-bond donors (Lipinski definition) is 0. The SMILES string of the molecule is C=CCN(c1cccc(C(=O)OC)c1C)S(=O)(=O)c1ccccc1[N+](=O)[O-]. The van der Waals surface area contributed by atoms with Gasteiger partial charge in [-0.25, -0.2) is 13.2 Å². The number of nitro groups is 1. The van der Waals surface area contributed by atoms with Crippen LogP contribution in [0.2, 0.25) is 0 Å². The molecule has 2 rings (SSSR count). The number of hydrogen-bond acceptors (Lipinski definition) is 6. The van der Waals surface area contributed by atoms with Crippen LogP contribution in [0.25, 0.3) is 0 Å². The predicted octanol–water partition coefficient (Wildman–Crippen LogP) is 3.07. The molecule has 0 aliphatic heterocycles. The van der Waals surface area contributed by atoms with E-state index in [1.807, 2.05) is 0 Å². The van der Waals surface area contributed by atoms with Crippen LogP contribution in [0.1, 0.15) is 15.9 Å². The molecule has 142 valence electrons. The van der Waals surface area contributed by atoms with Crippen LogP contribution in [-0.4, -0.2) is 33.0 Å². The molecule has 0 saturated heterocycles. The molecule has 0 unspecified atom stereocenters. The molecule has 0 bridgehead atoms. The summed E-state index contributed by atoms with van der Waals surface area (Å²) < 4.78 is 32.1. The highest BCUT2D eigenvalue weighted by Gasteiger charge is 2.32. The van der Waals surface area contributed by atoms with E-state index in [-0.39, 0.29) is 17.8 Å². The monoisotopic (exact) mass is 390 g/mol. The zero-order valence-corrected chi connectivity index (χ0v) is 15.6. The first-order valence-electron chi connectivity index (χ1n) is 7.80. The summed E-state index contributed by atoms with van der Waals surface area (Å²) >= 11 is 0. The van der Waals surface area contributed by atoms with Crippen molar-refractivity contribution in [3.05, 3.63) is 76.4 Å². The van der Waals surface area contributed by atoms with Gasteiger partial charge in [0, 0.05) is 6.07 Å². The van der Waals surface area contributed by atoms with Crippen LogP contribution in [0.3, 0.4) is 0 Å². The molecule has 9 heteroatoms. The van der Waals surface area contributed by atoms with Crippen LogP contribution in [-0.2, 0) is 14.8 Å². The van der Waals surface area contributed by atoms with Gasteiger partial charge in [-0.05, 0) is 30.7 Å². The van der Waals surface area contributed by atoms with Crippen molar-refractivity contribution in [3.63, 3.8) is 0 Å². The summed E-state index contributed by atoms with van der Waals surface area (Å²) in [6.45, 7) is 5.00. The molecule has 8 nitrogen and oxygen atoms in total. The Morgan fingerprint density at radius 1 is 1.26 bits per heavy atom. The quantitative estimate of drug-likeness (QED) is 0.311. The molecule has 0 heterocycles. The number of esters is 1. The minimum Gasteiger partial charge on any atom is -0.465 e. The van der Waals surface area contributed by atoms with E-state index in [4.69, 9.17) is 4.74 Å². The van der Waals surface area contributed by atoms with Gasteiger partial charge in [-0.1, -0.05) is 24.3 Å². The first-order chi connectivity index (χ1) is 12.8. The third-order valence-electron chi connectivity index (χ3n) is 3.90. The van der Waals surface area contributed by atoms with Gasteiger partial charge in [0.2, 0.25) is 0 Å². The van der Waals surface area contributed by atoms with Crippen molar-refractivity contribution in [1.82, 2.24) is 0 Å². The summed E-state index contributed by atoms with van der Waals surface area (Å²) in [6.07, 6.45) is 1.36. The summed E-state index contributed by atoms with van der Waals surface area (Å²) in [4.78, 5) is 22.0. The molecule has 0 aliphatic rings. The number of carbonyl (C=O) groups excluding carboxylic acids is 1. The normalized spacial score (nSPS) is 10.9. The number of para-hydroxylation sites is 1. The van der Waals surface area contributed by atoms with E-state index >= 15 is 0 Å². The van der Waals surface area contributed by atoms with Crippen molar-refractivity contribution in [2.75, 3.05) is 18.0 Å². The molecule has 2 aromatic rings. The van der Waals surface area contributed by atoms with Gasteiger partial charge in [0.25, 0.3) is 15.7 Å². The molecule has 0 amide bonds. The Bertz CT molecular complexity index is 1000. The number of nitro benzene ring substituents is 1. The third kappa shape index (κ3) is 3.82. The average molecular weight is 390 g/mol. The van der Waals surface area contributed by atoms with Gasteiger partial charge in [-0.15, -0.1) is 6.58 Å². The highest BCUT2D eigenvalue weighted by Crippen LogP contribution is 2.32. The lowest BCUT2D eigenvalue weighted by atomic mass is 10.1. The summed E-state index contributed by atoms with van der Waals surface area (Å²) in [6, 6.07) is 9.62. The maximum atomic E-state index is 13.2. The van der Waals surface area contributed by atoms with Crippen LogP contribution in [0.15, 0.2) is 60.0 Å². The predicted molar refractivity (Wildman–Crippen MR) is 100 cm³/mol. The second-order valence-electron chi connectivity index (χ2n) is 5.49. The molecule has 0 atom stereocenters. The molecular formula is C18H18N2O6S. The first kappa shape index (κ1) is 20.1. The van der Waals surface area contributed by atoms with Gasteiger partial charge in [-0.3, -0.25) is 14.4 Å². The number of carbonyl (C=O) groups is 1. The Balaban J connectivity index is 2.71. The van der Waals surface area contributed by atoms with Crippen molar-refractivity contribution in [3.8, 4) is 0 Å². The molecule has 2 aromatic carbocycles. The molecular weight excluding hydrogens is 372 g/mol. The van der Waals surface area contributed by atoms with E-state index in [9.17, 15) is 23.3 Å². The molecule has 0 aromatic heterocycles. The van der Waals surface area contributed by atoms with E-state index in [0.29, 0.717) is 5.56 Å². The van der Waals surface area contributed by atoms with E-state index in [2.05, 4.69) is 6.58 Å². The largest absolute Gasteiger partial charge is 0.465 e. The van der Waals surface area contributed by atoms with Crippen LogP contribution in [0.4, 0.5) is 11.4 Å². The molecule has 0 spiro atoms. The van der Waals surface area contributed by atoms with Crippen molar-refractivity contribution < 1.29 is 22.9 Å². The Kier molecular flexibility index (Phi) is 5.96. The molecule has 27 heavy (non-hydrogen) atoms. The highest BCUT2D eigenvalue weighted by atomic mass is 32.2. The van der Waals surface area contributed by atoms with Crippen molar-refractivity contribution >= 4 is 27.4 Å². The van der Waals surface area contributed by atoms with Crippen LogP contribution in [0.5, 0.6) is 0 Å². The van der Waals surface area contributed by atoms with Gasteiger partial charge in [0.15, 0.2) is 4.90 Å². The number of nitrogens with zero attached hydrogens (tertiary/aromatic N) is 2. The fourth-order valence-electron chi connectivity index (χ4n) is 2.61. The Hall–Kier alpha value is -3.20. The Morgan fingerprint density at radius 3 is 2.52 bits per heavy atom. The second-order valence-corrected chi connectivity index (χ2v) is 7.32. The van der Waals surface area contributed by atoms with E-state index in [0.717, 1.165) is 10.4 Å². The fraction of sp³-hybridized carbons (Fsp3) is 0.167. The lowest BCUT2D eigenvalue weighted by molar-refractivity contribution is -0.387. The number of rotatable bonds is 7. The zero-order valence-electron chi connectivity index (χ0n) is 14.8.